The minimum absolute atomic E-state index is 0.166. The van der Waals surface area contributed by atoms with E-state index >= 15 is 0 Å². The van der Waals surface area contributed by atoms with Crippen LogP contribution in [0.15, 0.2) is 31.6 Å². The lowest BCUT2D eigenvalue weighted by Crippen LogP contribution is -2.29. The Morgan fingerprint density at radius 3 is 2.59 bits per heavy atom. The Labute approximate surface area is 105 Å². The Hall–Kier alpha value is -1.44. The van der Waals surface area contributed by atoms with Gasteiger partial charge in [0.1, 0.15) is 0 Å². The SMILES string of the molecule is C=CNc1ccn(C(C)(CC)CCC)c1C=C. The van der Waals surface area contributed by atoms with Gasteiger partial charge in [-0.15, -0.1) is 0 Å². The zero-order valence-corrected chi connectivity index (χ0v) is 11.3. The van der Waals surface area contributed by atoms with Gasteiger partial charge < -0.3 is 9.88 Å². The van der Waals surface area contributed by atoms with E-state index in [1.54, 1.807) is 6.20 Å². The molecule has 1 N–H and O–H groups in total. The second kappa shape index (κ2) is 5.76. The fraction of sp³-hybridized carbons (Fsp3) is 0.467. The molecule has 0 amide bonds. The molecule has 2 heteroatoms. The van der Waals surface area contributed by atoms with E-state index in [-0.39, 0.29) is 5.54 Å². The van der Waals surface area contributed by atoms with E-state index in [0.717, 1.165) is 17.8 Å². The highest BCUT2D eigenvalue weighted by molar-refractivity contribution is 5.64. The molecule has 0 radical (unpaired) electrons. The molecule has 1 atom stereocenters. The normalized spacial score (nSPS) is 14.1. The quantitative estimate of drug-likeness (QED) is 0.726. The molecule has 1 unspecified atom stereocenters. The van der Waals surface area contributed by atoms with E-state index < -0.39 is 0 Å². The van der Waals surface area contributed by atoms with Crippen molar-refractivity contribution in [3.8, 4) is 0 Å². The van der Waals surface area contributed by atoms with Crippen molar-refractivity contribution in [3.63, 3.8) is 0 Å². The molecular weight excluding hydrogens is 208 g/mol. The van der Waals surface area contributed by atoms with Crippen LogP contribution in [-0.2, 0) is 5.54 Å². The lowest BCUT2D eigenvalue weighted by molar-refractivity contribution is 0.278. The third-order valence-electron chi connectivity index (χ3n) is 3.51. The average molecular weight is 232 g/mol. The predicted molar refractivity (Wildman–Crippen MR) is 77.2 cm³/mol. The van der Waals surface area contributed by atoms with E-state index in [1.165, 1.54) is 12.8 Å². The van der Waals surface area contributed by atoms with Crippen LogP contribution in [0.3, 0.4) is 0 Å². The van der Waals surface area contributed by atoms with Crippen molar-refractivity contribution >= 4 is 11.8 Å². The van der Waals surface area contributed by atoms with Gasteiger partial charge in [-0.25, -0.2) is 0 Å². The summed E-state index contributed by atoms with van der Waals surface area (Å²) in [6, 6.07) is 2.09. The summed E-state index contributed by atoms with van der Waals surface area (Å²) >= 11 is 0. The van der Waals surface area contributed by atoms with E-state index in [9.17, 15) is 0 Å². The molecule has 0 aliphatic carbocycles. The molecule has 0 bridgehead atoms. The summed E-state index contributed by atoms with van der Waals surface area (Å²) in [5.74, 6) is 0. The van der Waals surface area contributed by atoms with Gasteiger partial charge in [-0.2, -0.15) is 0 Å². The first-order valence-corrected chi connectivity index (χ1v) is 6.34. The summed E-state index contributed by atoms with van der Waals surface area (Å²) in [5.41, 5.74) is 2.38. The molecule has 17 heavy (non-hydrogen) atoms. The van der Waals surface area contributed by atoms with Crippen LogP contribution in [-0.4, -0.2) is 4.57 Å². The van der Waals surface area contributed by atoms with Crippen molar-refractivity contribution in [1.82, 2.24) is 4.57 Å². The Morgan fingerprint density at radius 2 is 2.12 bits per heavy atom. The van der Waals surface area contributed by atoms with Gasteiger partial charge in [0, 0.05) is 11.7 Å². The van der Waals surface area contributed by atoms with Gasteiger partial charge in [-0.3, -0.25) is 0 Å². The smallest absolute Gasteiger partial charge is 0.0644 e. The third kappa shape index (κ3) is 2.63. The fourth-order valence-corrected chi connectivity index (χ4v) is 2.36. The van der Waals surface area contributed by atoms with Crippen LogP contribution >= 0.6 is 0 Å². The van der Waals surface area contributed by atoms with E-state index in [2.05, 4.69) is 56.1 Å². The van der Waals surface area contributed by atoms with Gasteiger partial charge in [0.25, 0.3) is 0 Å². The highest BCUT2D eigenvalue weighted by atomic mass is 15.1. The Bertz CT molecular complexity index is 390. The van der Waals surface area contributed by atoms with Gasteiger partial charge in [0.05, 0.1) is 11.4 Å². The lowest BCUT2D eigenvalue weighted by atomic mass is 9.92. The molecule has 2 nitrogen and oxygen atoms in total. The summed E-state index contributed by atoms with van der Waals surface area (Å²) in [6.45, 7) is 14.4. The molecule has 94 valence electrons. The van der Waals surface area contributed by atoms with Crippen molar-refractivity contribution in [3.05, 3.63) is 37.3 Å². The summed E-state index contributed by atoms with van der Waals surface area (Å²) in [5, 5.41) is 3.16. The molecule has 0 spiro atoms. The summed E-state index contributed by atoms with van der Waals surface area (Å²) < 4.78 is 2.33. The first-order valence-electron chi connectivity index (χ1n) is 6.34. The Balaban J connectivity index is 3.19. The Kier molecular flexibility index (Phi) is 4.62. The Morgan fingerprint density at radius 1 is 1.41 bits per heavy atom. The molecule has 1 aromatic heterocycles. The molecule has 0 aliphatic rings. The maximum absolute atomic E-state index is 3.92. The highest BCUT2D eigenvalue weighted by Gasteiger charge is 2.25. The first-order chi connectivity index (χ1) is 8.12. The van der Waals surface area contributed by atoms with Gasteiger partial charge in [0.2, 0.25) is 0 Å². The van der Waals surface area contributed by atoms with Crippen molar-refractivity contribution in [2.45, 2.75) is 45.6 Å². The zero-order chi connectivity index (χ0) is 12.9. The number of nitrogens with one attached hydrogen (secondary N) is 1. The number of aromatic nitrogens is 1. The van der Waals surface area contributed by atoms with Gasteiger partial charge >= 0.3 is 0 Å². The van der Waals surface area contributed by atoms with E-state index in [0.29, 0.717) is 0 Å². The summed E-state index contributed by atoms with van der Waals surface area (Å²) in [6.07, 6.45) is 9.23. The van der Waals surface area contributed by atoms with Crippen LogP contribution in [0, 0.1) is 0 Å². The fourth-order valence-electron chi connectivity index (χ4n) is 2.36. The monoisotopic (exact) mass is 232 g/mol. The van der Waals surface area contributed by atoms with Gasteiger partial charge in [0.15, 0.2) is 0 Å². The average Bonchev–Trinajstić information content (AvgIpc) is 2.73. The third-order valence-corrected chi connectivity index (χ3v) is 3.51. The van der Waals surface area contributed by atoms with Crippen molar-refractivity contribution in [1.29, 1.82) is 0 Å². The molecule has 0 aromatic carbocycles. The molecule has 0 aliphatic heterocycles. The minimum Gasteiger partial charge on any atom is -0.361 e. The topological polar surface area (TPSA) is 17.0 Å². The maximum Gasteiger partial charge on any atom is 0.0644 e. The van der Waals surface area contributed by atoms with Crippen LogP contribution in [0.5, 0.6) is 0 Å². The summed E-state index contributed by atoms with van der Waals surface area (Å²) in [7, 11) is 0. The molecule has 1 aromatic rings. The molecule has 0 saturated carbocycles. The van der Waals surface area contributed by atoms with Crippen LogP contribution in [0.1, 0.15) is 45.7 Å². The number of hydrogen-bond acceptors (Lipinski definition) is 1. The molecule has 1 rings (SSSR count). The number of anilines is 1. The van der Waals surface area contributed by atoms with Crippen molar-refractivity contribution < 1.29 is 0 Å². The highest BCUT2D eigenvalue weighted by Crippen LogP contribution is 2.32. The zero-order valence-electron chi connectivity index (χ0n) is 11.3. The van der Waals surface area contributed by atoms with Gasteiger partial charge in [-0.05, 0) is 38.1 Å². The molecule has 0 saturated heterocycles. The van der Waals surface area contributed by atoms with Gasteiger partial charge in [-0.1, -0.05) is 33.4 Å². The molecule has 0 fully saturated rings. The van der Waals surface area contributed by atoms with Crippen LogP contribution < -0.4 is 5.32 Å². The summed E-state index contributed by atoms with van der Waals surface area (Å²) in [4.78, 5) is 0. The number of hydrogen-bond donors (Lipinski definition) is 1. The number of rotatable bonds is 7. The van der Waals surface area contributed by atoms with Crippen LogP contribution in [0.25, 0.3) is 6.08 Å². The second-order valence-electron chi connectivity index (χ2n) is 4.64. The molecule has 1 heterocycles. The predicted octanol–water partition coefficient (Wildman–Crippen LogP) is 4.61. The lowest BCUT2D eigenvalue weighted by Gasteiger charge is -2.32. The maximum atomic E-state index is 3.92. The minimum atomic E-state index is 0.166. The van der Waals surface area contributed by atoms with Crippen molar-refractivity contribution in [2.24, 2.45) is 0 Å². The van der Waals surface area contributed by atoms with Crippen LogP contribution in [0.2, 0.25) is 0 Å². The van der Waals surface area contributed by atoms with Crippen LogP contribution in [0.4, 0.5) is 5.69 Å². The number of nitrogens with zero attached hydrogens (tertiary/aromatic N) is 1. The first kappa shape index (κ1) is 13.6. The van der Waals surface area contributed by atoms with Crippen molar-refractivity contribution in [2.75, 3.05) is 5.32 Å². The molecular formula is C15H24N2. The van der Waals surface area contributed by atoms with E-state index in [4.69, 9.17) is 0 Å². The largest absolute Gasteiger partial charge is 0.361 e. The second-order valence-corrected chi connectivity index (χ2v) is 4.64. The standard InChI is InChI=1S/C15H24N2/c1-6-11-15(5,8-3)17-12-10-13(16-9-4)14(17)7-2/h7,9-10,12,16H,2,4,6,8,11H2,1,3,5H3. The van der Waals surface area contributed by atoms with E-state index in [1.807, 2.05) is 6.08 Å².